The standard InChI is InChI=1S/C22H24FN3O2/c1-13-9-17(10-14(2)24-13)21-19-7-8-28-15(3)12-26(19)22(25-21)16-5-6-20(27-4)18(23)11-16/h5-6,9-11,15H,7-8,12H2,1-4H3/t15-/m1/s1. The Labute approximate surface area is 164 Å². The number of methoxy groups -OCH3 is 1. The van der Waals surface area contributed by atoms with E-state index in [4.69, 9.17) is 14.5 Å². The zero-order valence-corrected chi connectivity index (χ0v) is 16.6. The molecule has 0 N–H and O–H groups in total. The van der Waals surface area contributed by atoms with Gasteiger partial charge in [-0.05, 0) is 51.1 Å². The minimum Gasteiger partial charge on any atom is -0.494 e. The molecule has 1 aromatic carbocycles. The molecule has 5 nitrogen and oxygen atoms in total. The van der Waals surface area contributed by atoms with Crippen LogP contribution in [-0.2, 0) is 17.7 Å². The van der Waals surface area contributed by atoms with Gasteiger partial charge in [0.2, 0.25) is 0 Å². The van der Waals surface area contributed by atoms with Crippen LogP contribution < -0.4 is 4.74 Å². The molecular formula is C22H24FN3O2. The molecule has 3 aromatic rings. The summed E-state index contributed by atoms with van der Waals surface area (Å²) >= 11 is 0. The third kappa shape index (κ3) is 3.40. The second-order valence-electron chi connectivity index (χ2n) is 7.26. The zero-order valence-electron chi connectivity index (χ0n) is 16.6. The smallest absolute Gasteiger partial charge is 0.165 e. The average Bonchev–Trinajstić information content (AvgIpc) is 2.88. The Balaban J connectivity index is 1.92. The molecule has 0 saturated carbocycles. The number of hydrogen-bond donors (Lipinski definition) is 0. The number of rotatable bonds is 3. The molecule has 1 aliphatic rings. The summed E-state index contributed by atoms with van der Waals surface area (Å²) in [5.41, 5.74) is 5.68. The van der Waals surface area contributed by atoms with Gasteiger partial charge in [-0.2, -0.15) is 0 Å². The number of imidazole rings is 1. The molecule has 6 heteroatoms. The number of halogens is 1. The zero-order chi connectivity index (χ0) is 19.8. The van der Waals surface area contributed by atoms with Gasteiger partial charge in [0.25, 0.3) is 0 Å². The number of pyridine rings is 1. The van der Waals surface area contributed by atoms with Gasteiger partial charge in [0.05, 0.1) is 32.1 Å². The molecule has 28 heavy (non-hydrogen) atoms. The van der Waals surface area contributed by atoms with Crippen LogP contribution in [0.2, 0.25) is 0 Å². The molecule has 1 atom stereocenters. The molecular weight excluding hydrogens is 357 g/mol. The van der Waals surface area contributed by atoms with Crippen molar-refractivity contribution in [3.8, 4) is 28.4 Å². The van der Waals surface area contributed by atoms with Crippen LogP contribution in [0.25, 0.3) is 22.6 Å². The van der Waals surface area contributed by atoms with Crippen LogP contribution in [0.5, 0.6) is 5.75 Å². The Kier molecular flexibility index (Phi) is 4.89. The van der Waals surface area contributed by atoms with Crippen molar-refractivity contribution < 1.29 is 13.9 Å². The summed E-state index contributed by atoms with van der Waals surface area (Å²) in [6.07, 6.45) is 0.817. The minimum absolute atomic E-state index is 0.0612. The maximum atomic E-state index is 14.4. The average molecular weight is 381 g/mol. The van der Waals surface area contributed by atoms with Crippen LogP contribution in [0.3, 0.4) is 0 Å². The van der Waals surface area contributed by atoms with Crippen molar-refractivity contribution in [3.05, 3.63) is 53.2 Å². The Morgan fingerprint density at radius 1 is 1.11 bits per heavy atom. The van der Waals surface area contributed by atoms with E-state index in [1.54, 1.807) is 6.07 Å². The normalized spacial score (nSPS) is 16.5. The Morgan fingerprint density at radius 3 is 2.54 bits per heavy atom. The van der Waals surface area contributed by atoms with Gasteiger partial charge in [0, 0.05) is 34.6 Å². The lowest BCUT2D eigenvalue weighted by molar-refractivity contribution is 0.0666. The third-order valence-electron chi connectivity index (χ3n) is 5.02. The van der Waals surface area contributed by atoms with E-state index in [2.05, 4.69) is 9.55 Å². The number of hydrogen-bond acceptors (Lipinski definition) is 4. The lowest BCUT2D eigenvalue weighted by atomic mass is 10.1. The highest BCUT2D eigenvalue weighted by molar-refractivity contribution is 5.69. The lowest BCUT2D eigenvalue weighted by Crippen LogP contribution is -2.15. The van der Waals surface area contributed by atoms with Crippen molar-refractivity contribution in [3.63, 3.8) is 0 Å². The topological polar surface area (TPSA) is 49.2 Å². The first kappa shape index (κ1) is 18.6. The number of aryl methyl sites for hydroxylation is 2. The molecule has 0 fully saturated rings. The van der Waals surface area contributed by atoms with Crippen molar-refractivity contribution in [1.82, 2.24) is 14.5 Å². The fraction of sp³-hybridized carbons (Fsp3) is 0.364. The molecule has 0 radical (unpaired) electrons. The van der Waals surface area contributed by atoms with Crippen LogP contribution in [0, 0.1) is 19.7 Å². The second-order valence-corrected chi connectivity index (χ2v) is 7.26. The minimum atomic E-state index is -0.396. The summed E-state index contributed by atoms with van der Waals surface area (Å²) < 4.78 is 27.5. The molecule has 0 amide bonds. The monoisotopic (exact) mass is 381 g/mol. The molecule has 0 aliphatic carbocycles. The lowest BCUT2D eigenvalue weighted by Gasteiger charge is -2.13. The first-order chi connectivity index (χ1) is 13.5. The van der Waals surface area contributed by atoms with Gasteiger partial charge in [0.1, 0.15) is 5.82 Å². The summed E-state index contributed by atoms with van der Waals surface area (Å²) in [6.45, 7) is 7.33. The molecule has 146 valence electrons. The predicted octanol–water partition coefficient (Wildman–Crippen LogP) is 4.34. The van der Waals surface area contributed by atoms with Crippen molar-refractivity contribution >= 4 is 0 Å². The van der Waals surface area contributed by atoms with Crippen LogP contribution in [0.1, 0.15) is 24.0 Å². The summed E-state index contributed by atoms with van der Waals surface area (Å²) in [4.78, 5) is 9.43. The number of fused-ring (bicyclic) bond motifs is 1. The third-order valence-corrected chi connectivity index (χ3v) is 5.02. The van der Waals surface area contributed by atoms with Crippen molar-refractivity contribution in [2.75, 3.05) is 13.7 Å². The van der Waals surface area contributed by atoms with E-state index in [-0.39, 0.29) is 11.9 Å². The van der Waals surface area contributed by atoms with E-state index in [0.29, 0.717) is 13.2 Å². The first-order valence-corrected chi connectivity index (χ1v) is 9.47. The Hall–Kier alpha value is -2.73. The highest BCUT2D eigenvalue weighted by atomic mass is 19.1. The van der Waals surface area contributed by atoms with Crippen LogP contribution in [-0.4, -0.2) is 34.4 Å². The summed E-state index contributed by atoms with van der Waals surface area (Å²) in [5.74, 6) is 0.576. The van der Waals surface area contributed by atoms with Gasteiger partial charge >= 0.3 is 0 Å². The summed E-state index contributed by atoms with van der Waals surface area (Å²) in [6, 6.07) is 9.06. The van der Waals surface area contributed by atoms with Gasteiger partial charge in [-0.3, -0.25) is 4.98 Å². The first-order valence-electron chi connectivity index (χ1n) is 9.47. The number of benzene rings is 1. The molecule has 1 aliphatic heterocycles. The van der Waals surface area contributed by atoms with Crippen molar-refractivity contribution in [1.29, 1.82) is 0 Å². The number of ether oxygens (including phenoxy) is 2. The van der Waals surface area contributed by atoms with Crippen LogP contribution >= 0.6 is 0 Å². The molecule has 4 rings (SSSR count). The largest absolute Gasteiger partial charge is 0.494 e. The van der Waals surface area contributed by atoms with E-state index in [0.717, 1.165) is 46.1 Å². The number of aromatic nitrogens is 3. The van der Waals surface area contributed by atoms with E-state index >= 15 is 0 Å². The fourth-order valence-corrected chi connectivity index (χ4v) is 3.83. The van der Waals surface area contributed by atoms with Gasteiger partial charge in [0.15, 0.2) is 11.6 Å². The maximum absolute atomic E-state index is 14.4. The van der Waals surface area contributed by atoms with Gasteiger partial charge < -0.3 is 14.0 Å². The fourth-order valence-electron chi connectivity index (χ4n) is 3.83. The Bertz CT molecular complexity index is 1010. The molecule has 3 heterocycles. The number of nitrogens with zero attached hydrogens (tertiary/aromatic N) is 3. The predicted molar refractivity (Wildman–Crippen MR) is 106 cm³/mol. The van der Waals surface area contributed by atoms with E-state index in [1.807, 2.05) is 39.0 Å². The Morgan fingerprint density at radius 2 is 1.86 bits per heavy atom. The van der Waals surface area contributed by atoms with E-state index < -0.39 is 5.82 Å². The molecule has 0 bridgehead atoms. The molecule has 0 saturated heterocycles. The second kappa shape index (κ2) is 7.36. The molecule has 2 aromatic heterocycles. The van der Waals surface area contributed by atoms with Crippen LogP contribution in [0.4, 0.5) is 4.39 Å². The van der Waals surface area contributed by atoms with Gasteiger partial charge in [-0.25, -0.2) is 9.37 Å². The quantitative estimate of drug-likeness (QED) is 0.677. The highest BCUT2D eigenvalue weighted by Gasteiger charge is 2.24. The van der Waals surface area contributed by atoms with Crippen molar-refractivity contribution in [2.45, 2.75) is 39.8 Å². The molecule has 0 unspecified atom stereocenters. The van der Waals surface area contributed by atoms with E-state index in [1.165, 1.54) is 13.2 Å². The van der Waals surface area contributed by atoms with Crippen LogP contribution in [0.15, 0.2) is 30.3 Å². The SMILES string of the molecule is COc1ccc(-c2nc(-c3cc(C)nc(C)c3)c3n2C[C@@H](C)OCC3)cc1F. The highest BCUT2D eigenvalue weighted by Crippen LogP contribution is 2.33. The summed E-state index contributed by atoms with van der Waals surface area (Å²) in [7, 11) is 1.46. The maximum Gasteiger partial charge on any atom is 0.165 e. The van der Waals surface area contributed by atoms with E-state index in [9.17, 15) is 4.39 Å². The molecule has 0 spiro atoms. The van der Waals surface area contributed by atoms with Gasteiger partial charge in [-0.1, -0.05) is 0 Å². The summed E-state index contributed by atoms with van der Waals surface area (Å²) in [5, 5.41) is 0. The van der Waals surface area contributed by atoms with Crippen molar-refractivity contribution in [2.24, 2.45) is 0 Å². The van der Waals surface area contributed by atoms with Gasteiger partial charge in [-0.15, -0.1) is 0 Å².